The molecular formula is C17H19NO2. The zero-order chi connectivity index (χ0) is 13.8. The average Bonchev–Trinajstić information content (AvgIpc) is 2.86. The minimum Gasteiger partial charge on any atom is -0.493 e. The summed E-state index contributed by atoms with van der Waals surface area (Å²) in [5.74, 6) is 0.906. The van der Waals surface area contributed by atoms with E-state index in [1.807, 2.05) is 36.4 Å². The highest BCUT2D eigenvalue weighted by Crippen LogP contribution is 2.35. The monoisotopic (exact) mass is 269 g/mol. The van der Waals surface area contributed by atoms with E-state index in [9.17, 15) is 0 Å². The second-order valence-electron chi connectivity index (χ2n) is 4.78. The average molecular weight is 269 g/mol. The normalized spacial score (nSPS) is 11.2. The summed E-state index contributed by atoms with van der Waals surface area (Å²) in [7, 11) is 0. The van der Waals surface area contributed by atoms with Crippen molar-refractivity contribution in [1.29, 1.82) is 0 Å². The van der Waals surface area contributed by atoms with Gasteiger partial charge in [0.25, 0.3) is 0 Å². The molecule has 0 aliphatic rings. The first-order valence-corrected chi connectivity index (χ1v) is 7.14. The number of nitrogens with one attached hydrogen (secondary N) is 1. The fourth-order valence-electron chi connectivity index (χ4n) is 2.42. The quantitative estimate of drug-likeness (QED) is 0.688. The lowest BCUT2D eigenvalue weighted by Crippen LogP contribution is -2.16. The highest BCUT2D eigenvalue weighted by molar-refractivity contribution is 6.08. The molecule has 1 aromatic heterocycles. The third kappa shape index (κ3) is 2.49. The van der Waals surface area contributed by atoms with Gasteiger partial charge in [0.05, 0.1) is 12.0 Å². The van der Waals surface area contributed by atoms with Crippen molar-refractivity contribution in [3.8, 4) is 5.75 Å². The van der Waals surface area contributed by atoms with Crippen LogP contribution in [0.2, 0.25) is 0 Å². The van der Waals surface area contributed by atoms with Gasteiger partial charge in [-0.25, -0.2) is 0 Å². The first kappa shape index (κ1) is 13.0. The van der Waals surface area contributed by atoms with Gasteiger partial charge in [-0.3, -0.25) is 0 Å². The SMILES string of the molecule is CCNCCCOc1cccc2oc3ccccc3c12. The van der Waals surface area contributed by atoms with E-state index in [-0.39, 0.29) is 0 Å². The van der Waals surface area contributed by atoms with Crippen molar-refractivity contribution < 1.29 is 9.15 Å². The number of benzene rings is 2. The fraction of sp³-hybridized carbons (Fsp3) is 0.294. The van der Waals surface area contributed by atoms with Crippen molar-refractivity contribution in [1.82, 2.24) is 5.32 Å². The van der Waals surface area contributed by atoms with Gasteiger partial charge in [0.15, 0.2) is 0 Å². The van der Waals surface area contributed by atoms with E-state index in [0.29, 0.717) is 6.61 Å². The molecular weight excluding hydrogens is 250 g/mol. The van der Waals surface area contributed by atoms with Crippen LogP contribution in [0.25, 0.3) is 21.9 Å². The number of rotatable bonds is 6. The summed E-state index contributed by atoms with van der Waals surface area (Å²) >= 11 is 0. The zero-order valence-electron chi connectivity index (χ0n) is 11.7. The van der Waals surface area contributed by atoms with E-state index < -0.39 is 0 Å². The van der Waals surface area contributed by atoms with Gasteiger partial charge in [-0.15, -0.1) is 0 Å². The summed E-state index contributed by atoms with van der Waals surface area (Å²) in [5.41, 5.74) is 1.79. The number of furan rings is 1. The molecule has 0 bridgehead atoms. The van der Waals surface area contributed by atoms with E-state index in [1.165, 1.54) is 0 Å². The molecule has 3 aromatic rings. The summed E-state index contributed by atoms with van der Waals surface area (Å²) in [6, 6.07) is 14.1. The Morgan fingerprint density at radius 3 is 2.80 bits per heavy atom. The van der Waals surface area contributed by atoms with Crippen LogP contribution in [0.3, 0.4) is 0 Å². The number of fused-ring (bicyclic) bond motifs is 3. The van der Waals surface area contributed by atoms with Gasteiger partial charge < -0.3 is 14.5 Å². The maximum absolute atomic E-state index is 5.93. The van der Waals surface area contributed by atoms with Crippen LogP contribution in [0.15, 0.2) is 46.9 Å². The lowest BCUT2D eigenvalue weighted by Gasteiger charge is -2.07. The summed E-state index contributed by atoms with van der Waals surface area (Å²) in [6.07, 6.45) is 1.00. The molecule has 0 unspecified atom stereocenters. The van der Waals surface area contributed by atoms with Gasteiger partial charge in [0, 0.05) is 5.39 Å². The Balaban J connectivity index is 1.86. The molecule has 0 amide bonds. The van der Waals surface area contributed by atoms with Crippen LogP contribution in [-0.4, -0.2) is 19.7 Å². The van der Waals surface area contributed by atoms with E-state index in [2.05, 4.69) is 18.3 Å². The van der Waals surface area contributed by atoms with Crippen LogP contribution < -0.4 is 10.1 Å². The molecule has 0 atom stereocenters. The molecule has 20 heavy (non-hydrogen) atoms. The summed E-state index contributed by atoms with van der Waals surface area (Å²) < 4.78 is 11.8. The van der Waals surface area contributed by atoms with Crippen molar-refractivity contribution in [3.05, 3.63) is 42.5 Å². The van der Waals surface area contributed by atoms with Crippen LogP contribution in [0.4, 0.5) is 0 Å². The molecule has 104 valence electrons. The molecule has 1 heterocycles. The first-order chi connectivity index (χ1) is 9.90. The van der Waals surface area contributed by atoms with Gasteiger partial charge >= 0.3 is 0 Å². The fourth-order valence-corrected chi connectivity index (χ4v) is 2.42. The zero-order valence-corrected chi connectivity index (χ0v) is 11.7. The maximum atomic E-state index is 5.93. The Morgan fingerprint density at radius 2 is 1.90 bits per heavy atom. The van der Waals surface area contributed by atoms with Crippen LogP contribution in [0.1, 0.15) is 13.3 Å². The minimum absolute atomic E-state index is 0.714. The van der Waals surface area contributed by atoms with Crippen LogP contribution in [0.5, 0.6) is 5.75 Å². The second kappa shape index (κ2) is 5.97. The number of ether oxygens (including phenoxy) is 1. The van der Waals surface area contributed by atoms with E-state index in [0.717, 1.165) is 47.2 Å². The smallest absolute Gasteiger partial charge is 0.139 e. The van der Waals surface area contributed by atoms with E-state index in [4.69, 9.17) is 9.15 Å². The predicted molar refractivity (Wildman–Crippen MR) is 82.4 cm³/mol. The van der Waals surface area contributed by atoms with Crippen molar-refractivity contribution >= 4 is 21.9 Å². The Kier molecular flexibility index (Phi) is 3.88. The predicted octanol–water partition coefficient (Wildman–Crippen LogP) is 3.96. The number of hydrogen-bond donors (Lipinski definition) is 1. The molecule has 3 heteroatoms. The highest BCUT2D eigenvalue weighted by atomic mass is 16.5. The molecule has 0 saturated heterocycles. The molecule has 0 fully saturated rings. The Bertz CT molecular complexity index is 702. The standard InChI is InChI=1S/C17H19NO2/c1-2-18-11-6-12-19-15-9-5-10-16-17(15)13-7-3-4-8-14(13)20-16/h3-5,7-10,18H,2,6,11-12H2,1H3. The van der Waals surface area contributed by atoms with Crippen LogP contribution >= 0.6 is 0 Å². The van der Waals surface area contributed by atoms with Gasteiger partial charge in [0.1, 0.15) is 16.9 Å². The van der Waals surface area contributed by atoms with E-state index >= 15 is 0 Å². The van der Waals surface area contributed by atoms with Crippen LogP contribution in [-0.2, 0) is 0 Å². The van der Waals surface area contributed by atoms with Crippen molar-refractivity contribution in [3.63, 3.8) is 0 Å². The molecule has 2 aromatic carbocycles. The van der Waals surface area contributed by atoms with Crippen molar-refractivity contribution in [2.75, 3.05) is 19.7 Å². The molecule has 0 aliphatic heterocycles. The third-order valence-corrected chi connectivity index (χ3v) is 3.37. The highest BCUT2D eigenvalue weighted by Gasteiger charge is 2.10. The molecule has 3 nitrogen and oxygen atoms in total. The topological polar surface area (TPSA) is 34.4 Å². The Morgan fingerprint density at radius 1 is 1.05 bits per heavy atom. The van der Waals surface area contributed by atoms with Crippen LogP contribution in [0, 0.1) is 0 Å². The first-order valence-electron chi connectivity index (χ1n) is 7.14. The van der Waals surface area contributed by atoms with Gasteiger partial charge in [-0.1, -0.05) is 31.2 Å². The summed E-state index contributed by atoms with van der Waals surface area (Å²) in [6.45, 7) is 4.81. The summed E-state index contributed by atoms with van der Waals surface area (Å²) in [5, 5.41) is 5.49. The van der Waals surface area contributed by atoms with Gasteiger partial charge in [-0.05, 0) is 37.7 Å². The molecule has 0 aliphatic carbocycles. The van der Waals surface area contributed by atoms with Gasteiger partial charge in [-0.2, -0.15) is 0 Å². The Hall–Kier alpha value is -2.00. The molecule has 3 rings (SSSR count). The lowest BCUT2D eigenvalue weighted by molar-refractivity contribution is 0.312. The molecule has 0 radical (unpaired) electrons. The van der Waals surface area contributed by atoms with Gasteiger partial charge in [0.2, 0.25) is 0 Å². The number of hydrogen-bond acceptors (Lipinski definition) is 3. The van der Waals surface area contributed by atoms with Crippen molar-refractivity contribution in [2.45, 2.75) is 13.3 Å². The second-order valence-corrected chi connectivity index (χ2v) is 4.78. The van der Waals surface area contributed by atoms with Crippen molar-refractivity contribution in [2.24, 2.45) is 0 Å². The van der Waals surface area contributed by atoms with E-state index in [1.54, 1.807) is 0 Å². The molecule has 0 spiro atoms. The lowest BCUT2D eigenvalue weighted by atomic mass is 10.1. The molecule has 0 saturated carbocycles. The maximum Gasteiger partial charge on any atom is 0.139 e. The summed E-state index contributed by atoms with van der Waals surface area (Å²) in [4.78, 5) is 0. The third-order valence-electron chi connectivity index (χ3n) is 3.37. The number of para-hydroxylation sites is 1. The Labute approximate surface area is 118 Å². The largest absolute Gasteiger partial charge is 0.493 e. The molecule has 1 N–H and O–H groups in total. The minimum atomic E-state index is 0.714.